The number of carbonyl (C=O) groups is 1. The highest BCUT2D eigenvalue weighted by molar-refractivity contribution is 8.00. The topological polar surface area (TPSA) is 85.8 Å². The molecule has 152 valence electrons. The van der Waals surface area contributed by atoms with E-state index in [9.17, 15) is 9.18 Å². The van der Waals surface area contributed by atoms with E-state index in [4.69, 9.17) is 5.84 Å². The van der Waals surface area contributed by atoms with Gasteiger partial charge in [0.25, 0.3) is 0 Å². The second kappa shape index (κ2) is 8.24. The van der Waals surface area contributed by atoms with Gasteiger partial charge in [-0.05, 0) is 36.1 Å². The zero-order valence-electron chi connectivity index (χ0n) is 16.8. The summed E-state index contributed by atoms with van der Waals surface area (Å²) in [6.07, 6.45) is 0. The van der Waals surface area contributed by atoms with E-state index in [0.717, 1.165) is 5.56 Å². The number of aromatic nitrogens is 3. The molecule has 3 N–H and O–H groups in total. The predicted molar refractivity (Wildman–Crippen MR) is 115 cm³/mol. The maximum atomic E-state index is 13.3. The van der Waals surface area contributed by atoms with E-state index < -0.39 is 11.1 Å². The molecule has 1 aromatic heterocycles. The van der Waals surface area contributed by atoms with Crippen LogP contribution in [0.25, 0.3) is 11.4 Å². The van der Waals surface area contributed by atoms with Gasteiger partial charge in [-0.3, -0.25) is 4.79 Å². The summed E-state index contributed by atoms with van der Waals surface area (Å²) in [5.41, 5.74) is 2.51. The van der Waals surface area contributed by atoms with E-state index in [2.05, 4.69) is 36.3 Å². The summed E-state index contributed by atoms with van der Waals surface area (Å²) in [7, 11) is 0. The first-order valence-electron chi connectivity index (χ1n) is 9.19. The maximum Gasteiger partial charge on any atom is 0.237 e. The first-order valence-corrected chi connectivity index (χ1v) is 10.1. The Kier molecular flexibility index (Phi) is 5.93. The van der Waals surface area contributed by atoms with E-state index in [1.165, 1.54) is 40.2 Å². The molecule has 0 aliphatic heterocycles. The van der Waals surface area contributed by atoms with Gasteiger partial charge in [-0.15, -0.1) is 10.2 Å². The van der Waals surface area contributed by atoms with Gasteiger partial charge in [-0.25, -0.2) is 9.07 Å². The van der Waals surface area contributed by atoms with Gasteiger partial charge in [-0.1, -0.05) is 62.9 Å². The minimum absolute atomic E-state index is 0.0559. The van der Waals surface area contributed by atoms with Crippen LogP contribution in [0.2, 0.25) is 0 Å². The number of amides is 1. The van der Waals surface area contributed by atoms with Crippen molar-refractivity contribution in [1.82, 2.24) is 14.9 Å². The highest BCUT2D eigenvalue weighted by atomic mass is 32.2. The molecule has 0 saturated carbocycles. The number of halogens is 1. The zero-order valence-corrected chi connectivity index (χ0v) is 17.6. The summed E-state index contributed by atoms with van der Waals surface area (Å²) >= 11 is 1.18. The van der Waals surface area contributed by atoms with Crippen LogP contribution in [-0.2, 0) is 10.2 Å². The van der Waals surface area contributed by atoms with Crippen LogP contribution in [0.4, 0.5) is 10.1 Å². The molecule has 0 saturated heterocycles. The van der Waals surface area contributed by atoms with E-state index in [-0.39, 0.29) is 11.3 Å². The molecule has 1 unspecified atom stereocenters. The van der Waals surface area contributed by atoms with Crippen LogP contribution < -0.4 is 11.2 Å². The van der Waals surface area contributed by atoms with Gasteiger partial charge in [0, 0.05) is 11.3 Å². The fraction of sp³-hybridized carbons (Fsp3) is 0.286. The largest absolute Gasteiger partial charge is 0.335 e. The average Bonchev–Trinajstić information content (AvgIpc) is 3.01. The number of nitrogens with two attached hydrogens (primary N) is 1. The third-order valence-electron chi connectivity index (χ3n) is 4.42. The van der Waals surface area contributed by atoms with Crippen LogP contribution in [0.15, 0.2) is 53.7 Å². The van der Waals surface area contributed by atoms with Gasteiger partial charge < -0.3 is 11.2 Å². The van der Waals surface area contributed by atoms with Gasteiger partial charge in [0.2, 0.25) is 11.1 Å². The third-order valence-corrected chi connectivity index (χ3v) is 5.47. The summed E-state index contributed by atoms with van der Waals surface area (Å²) < 4.78 is 14.7. The molecule has 3 aromatic rings. The lowest BCUT2D eigenvalue weighted by Crippen LogP contribution is -2.23. The smallest absolute Gasteiger partial charge is 0.237 e. The maximum absolute atomic E-state index is 13.3. The number of nitrogens with one attached hydrogen (secondary N) is 1. The van der Waals surface area contributed by atoms with Crippen LogP contribution >= 0.6 is 11.8 Å². The number of nitrogen functional groups attached to an aromatic ring is 1. The van der Waals surface area contributed by atoms with Crippen LogP contribution in [0.1, 0.15) is 33.3 Å². The highest BCUT2D eigenvalue weighted by Crippen LogP contribution is 2.28. The number of thioether (sulfide) groups is 1. The molecule has 1 amide bonds. The van der Waals surface area contributed by atoms with E-state index >= 15 is 0 Å². The molecule has 0 aliphatic rings. The quantitative estimate of drug-likeness (QED) is 0.483. The molecule has 0 aliphatic carbocycles. The summed E-state index contributed by atoms with van der Waals surface area (Å²) in [5, 5.41) is 10.9. The Morgan fingerprint density at radius 2 is 1.86 bits per heavy atom. The molecule has 0 bridgehead atoms. The molecular weight excluding hydrogens is 389 g/mol. The molecule has 2 aromatic carbocycles. The van der Waals surface area contributed by atoms with Crippen LogP contribution in [0.5, 0.6) is 0 Å². The van der Waals surface area contributed by atoms with Crippen LogP contribution in [0, 0.1) is 5.82 Å². The van der Waals surface area contributed by atoms with Crippen molar-refractivity contribution in [2.75, 3.05) is 11.2 Å². The van der Waals surface area contributed by atoms with Crippen molar-refractivity contribution in [3.05, 3.63) is 59.9 Å². The number of hydrogen-bond acceptors (Lipinski definition) is 5. The third kappa shape index (κ3) is 4.95. The Bertz CT molecular complexity index is 1010. The fourth-order valence-electron chi connectivity index (χ4n) is 2.70. The molecule has 6 nitrogen and oxygen atoms in total. The average molecular weight is 414 g/mol. The SMILES string of the molecule is CC(Sc1nnc(-c2ccc(C(C)(C)C)cc2)n1N)C(=O)Nc1cccc(F)c1. The van der Waals surface area contributed by atoms with Gasteiger partial charge in [0.05, 0.1) is 5.25 Å². The summed E-state index contributed by atoms with van der Waals surface area (Å²) in [4.78, 5) is 12.4. The first kappa shape index (κ1) is 20.9. The lowest BCUT2D eigenvalue weighted by Gasteiger charge is -2.19. The first-order chi connectivity index (χ1) is 13.6. The lowest BCUT2D eigenvalue weighted by atomic mass is 9.87. The molecule has 3 rings (SSSR count). The fourth-order valence-corrected chi connectivity index (χ4v) is 3.47. The van der Waals surface area contributed by atoms with Crippen LogP contribution in [-0.4, -0.2) is 26.0 Å². The second-order valence-electron chi connectivity index (χ2n) is 7.76. The van der Waals surface area contributed by atoms with Gasteiger partial charge in [0.1, 0.15) is 5.82 Å². The summed E-state index contributed by atoms with van der Waals surface area (Å²) in [6, 6.07) is 13.8. The minimum atomic E-state index is -0.499. The molecule has 0 spiro atoms. The van der Waals surface area contributed by atoms with E-state index in [1.807, 2.05) is 24.3 Å². The van der Waals surface area contributed by atoms with Crippen molar-refractivity contribution in [3.63, 3.8) is 0 Å². The van der Waals surface area contributed by atoms with Crippen molar-refractivity contribution < 1.29 is 9.18 Å². The second-order valence-corrected chi connectivity index (χ2v) is 9.07. The minimum Gasteiger partial charge on any atom is -0.335 e. The Balaban J connectivity index is 1.71. The van der Waals surface area contributed by atoms with Crippen molar-refractivity contribution in [2.45, 2.75) is 43.5 Å². The van der Waals surface area contributed by atoms with Crippen molar-refractivity contribution >= 4 is 23.4 Å². The zero-order chi connectivity index (χ0) is 21.2. The standard InChI is InChI=1S/C21H24FN5OS/c1-13(19(28)24-17-7-5-6-16(22)12-17)29-20-26-25-18(27(20)23)14-8-10-15(11-9-14)21(2,3)4/h5-13H,23H2,1-4H3,(H,24,28). The Morgan fingerprint density at radius 3 is 2.48 bits per heavy atom. The molecule has 29 heavy (non-hydrogen) atoms. The van der Waals surface area contributed by atoms with Crippen molar-refractivity contribution in [1.29, 1.82) is 0 Å². The number of hydrogen-bond donors (Lipinski definition) is 2. The van der Waals surface area contributed by atoms with Crippen LogP contribution in [0.3, 0.4) is 0 Å². The molecule has 0 radical (unpaired) electrons. The molecule has 8 heteroatoms. The Labute approximate surface area is 173 Å². The normalized spacial score (nSPS) is 12.6. The summed E-state index contributed by atoms with van der Waals surface area (Å²) in [5.74, 6) is 6.00. The lowest BCUT2D eigenvalue weighted by molar-refractivity contribution is -0.115. The summed E-state index contributed by atoms with van der Waals surface area (Å²) in [6.45, 7) is 8.18. The van der Waals surface area contributed by atoms with Gasteiger partial charge in [0.15, 0.2) is 5.82 Å². The van der Waals surface area contributed by atoms with Gasteiger partial charge in [-0.2, -0.15) is 0 Å². The molecule has 0 fully saturated rings. The number of anilines is 1. The number of rotatable bonds is 5. The molecular formula is C21H24FN5OS. The van der Waals surface area contributed by atoms with E-state index in [1.54, 1.807) is 13.0 Å². The van der Waals surface area contributed by atoms with Crippen molar-refractivity contribution in [2.24, 2.45) is 0 Å². The Morgan fingerprint density at radius 1 is 1.17 bits per heavy atom. The highest BCUT2D eigenvalue weighted by Gasteiger charge is 2.21. The van der Waals surface area contributed by atoms with Gasteiger partial charge >= 0.3 is 0 Å². The molecule has 1 atom stereocenters. The predicted octanol–water partition coefficient (Wildman–Crippen LogP) is 4.21. The number of benzene rings is 2. The number of carbonyl (C=O) groups excluding carboxylic acids is 1. The van der Waals surface area contributed by atoms with Crippen molar-refractivity contribution in [3.8, 4) is 11.4 Å². The number of nitrogens with zero attached hydrogens (tertiary/aromatic N) is 3. The van der Waals surface area contributed by atoms with E-state index in [0.29, 0.717) is 16.7 Å². The Hall–Kier alpha value is -2.87. The monoisotopic (exact) mass is 413 g/mol. The molecule has 1 heterocycles.